The van der Waals surface area contributed by atoms with Crippen molar-refractivity contribution in [2.75, 3.05) is 23.8 Å². The highest BCUT2D eigenvalue weighted by Crippen LogP contribution is 2.35. The molecule has 1 saturated heterocycles. The molecule has 0 spiro atoms. The van der Waals surface area contributed by atoms with Crippen LogP contribution in [0.3, 0.4) is 0 Å². The van der Waals surface area contributed by atoms with E-state index in [2.05, 4.69) is 10.6 Å². The number of carbonyl (C=O) groups is 2. The lowest BCUT2D eigenvalue weighted by atomic mass is 9.97. The minimum atomic E-state index is -4.60. The summed E-state index contributed by atoms with van der Waals surface area (Å²) in [6.07, 6.45) is -0.878. The number of rotatable bonds is 2. The number of alkyl halides is 3. The summed E-state index contributed by atoms with van der Waals surface area (Å²) >= 11 is 0. The smallest absolute Gasteiger partial charge is 0.418 e. The van der Waals surface area contributed by atoms with Gasteiger partial charge in [0.25, 0.3) is 5.91 Å². The number of ether oxygens (including phenoxy) is 1. The molecule has 31 heavy (non-hydrogen) atoms. The van der Waals surface area contributed by atoms with E-state index >= 15 is 0 Å². The number of hydrogen-bond donors (Lipinski definition) is 2. The Morgan fingerprint density at radius 2 is 1.87 bits per heavy atom. The lowest BCUT2D eigenvalue weighted by Gasteiger charge is -2.37. The number of nitrogens with zero attached hydrogens (tertiary/aromatic N) is 1. The van der Waals surface area contributed by atoms with Gasteiger partial charge in [-0.05, 0) is 49.6 Å². The van der Waals surface area contributed by atoms with Gasteiger partial charge in [0.15, 0.2) is 0 Å². The van der Waals surface area contributed by atoms with Crippen LogP contribution in [0.25, 0.3) is 0 Å². The van der Waals surface area contributed by atoms with E-state index in [-0.39, 0.29) is 23.3 Å². The fourth-order valence-electron chi connectivity index (χ4n) is 4.05. The van der Waals surface area contributed by atoms with E-state index in [4.69, 9.17) is 4.74 Å². The third-order valence-electron chi connectivity index (χ3n) is 5.55. The zero-order valence-corrected chi connectivity index (χ0v) is 16.7. The number of halogens is 3. The maximum atomic E-state index is 13.1. The van der Waals surface area contributed by atoms with Gasteiger partial charge in [0.05, 0.1) is 23.4 Å². The molecule has 0 radical (unpaired) electrons. The number of piperidine rings is 1. The number of carbonyl (C=O) groups excluding carboxylic acids is 2. The molecule has 0 bridgehead atoms. The molecule has 3 amide bonds. The molecular formula is C22H22F3N3O3. The van der Waals surface area contributed by atoms with Crippen molar-refractivity contribution >= 4 is 23.3 Å². The van der Waals surface area contributed by atoms with Crippen molar-refractivity contribution in [2.45, 2.75) is 37.9 Å². The normalized spacial score (nSPS) is 18.7. The zero-order chi connectivity index (χ0) is 22.0. The highest BCUT2D eigenvalue weighted by molar-refractivity contribution is 6.03. The van der Waals surface area contributed by atoms with Crippen LogP contribution in [-0.2, 0) is 6.18 Å². The number of para-hydroxylation sites is 1. The van der Waals surface area contributed by atoms with Crippen LogP contribution in [0.1, 0.15) is 41.6 Å². The quantitative estimate of drug-likeness (QED) is 0.690. The molecule has 1 fully saturated rings. The molecule has 2 N–H and O–H groups in total. The third kappa shape index (κ3) is 4.60. The Morgan fingerprint density at radius 3 is 2.68 bits per heavy atom. The van der Waals surface area contributed by atoms with Crippen molar-refractivity contribution in [3.63, 3.8) is 0 Å². The molecular weight excluding hydrogens is 411 g/mol. The van der Waals surface area contributed by atoms with Crippen molar-refractivity contribution in [1.82, 2.24) is 4.90 Å². The van der Waals surface area contributed by atoms with Crippen LogP contribution >= 0.6 is 0 Å². The van der Waals surface area contributed by atoms with Crippen LogP contribution in [-0.4, -0.2) is 36.0 Å². The minimum absolute atomic E-state index is 0.133. The van der Waals surface area contributed by atoms with E-state index in [1.807, 2.05) is 4.90 Å². The molecule has 2 aliphatic heterocycles. The van der Waals surface area contributed by atoms with Gasteiger partial charge in [-0.1, -0.05) is 12.1 Å². The summed E-state index contributed by atoms with van der Waals surface area (Å²) in [5.41, 5.74) is -0.677. The summed E-state index contributed by atoms with van der Waals surface area (Å²) in [4.78, 5) is 27.3. The molecule has 6 nitrogen and oxygen atoms in total. The molecule has 1 atom stereocenters. The second-order valence-corrected chi connectivity index (χ2v) is 7.62. The Kier molecular flexibility index (Phi) is 5.75. The number of nitrogens with one attached hydrogen (secondary N) is 2. The van der Waals surface area contributed by atoms with Crippen LogP contribution in [0, 0.1) is 0 Å². The summed E-state index contributed by atoms with van der Waals surface area (Å²) in [5.74, 6) is 0.272. The lowest BCUT2D eigenvalue weighted by molar-refractivity contribution is -0.136. The number of urea groups is 1. The van der Waals surface area contributed by atoms with E-state index in [1.165, 1.54) is 24.3 Å². The van der Waals surface area contributed by atoms with Crippen molar-refractivity contribution in [2.24, 2.45) is 0 Å². The van der Waals surface area contributed by atoms with Crippen LogP contribution in [0.4, 0.5) is 29.3 Å². The largest absolute Gasteiger partial charge is 0.493 e. The maximum Gasteiger partial charge on any atom is 0.418 e. The second-order valence-electron chi connectivity index (χ2n) is 7.62. The van der Waals surface area contributed by atoms with Gasteiger partial charge < -0.3 is 20.3 Å². The SMILES string of the molecule is O=C(Nc1ccc2c(c1)C(=O)N1CCCC[C@H]1CCO2)Nc1ccccc1C(F)(F)F. The van der Waals surface area contributed by atoms with Crippen molar-refractivity contribution in [3.05, 3.63) is 53.6 Å². The van der Waals surface area contributed by atoms with E-state index in [0.717, 1.165) is 31.7 Å². The number of benzene rings is 2. The standard InChI is InChI=1S/C22H22F3N3O3/c23-22(24,25)17-6-1-2-7-18(17)27-21(30)26-14-8-9-19-16(13-14)20(29)28-11-4-3-5-15(28)10-12-31-19/h1-2,6-9,13,15H,3-5,10-12H2,(H2,26,27,30)/t15-/m0/s1. The van der Waals surface area contributed by atoms with Gasteiger partial charge in [0.1, 0.15) is 5.75 Å². The fraction of sp³-hybridized carbons (Fsp3) is 0.364. The van der Waals surface area contributed by atoms with Crippen LogP contribution in [0.2, 0.25) is 0 Å². The Morgan fingerprint density at radius 1 is 1.06 bits per heavy atom. The highest BCUT2D eigenvalue weighted by Gasteiger charge is 2.34. The highest BCUT2D eigenvalue weighted by atomic mass is 19.4. The predicted molar refractivity (Wildman–Crippen MR) is 109 cm³/mol. The molecule has 2 aliphatic rings. The Labute approximate surface area is 177 Å². The molecule has 2 heterocycles. The predicted octanol–water partition coefficient (Wildman–Crippen LogP) is 5.13. The molecule has 0 saturated carbocycles. The lowest BCUT2D eigenvalue weighted by Crippen LogP contribution is -2.45. The monoisotopic (exact) mass is 433 g/mol. The summed E-state index contributed by atoms with van der Waals surface area (Å²) in [6.45, 7) is 1.16. The van der Waals surface area contributed by atoms with Gasteiger partial charge in [-0.25, -0.2) is 4.79 Å². The first-order chi connectivity index (χ1) is 14.8. The van der Waals surface area contributed by atoms with Gasteiger partial charge in [-0.3, -0.25) is 4.79 Å². The first-order valence-corrected chi connectivity index (χ1v) is 10.1. The minimum Gasteiger partial charge on any atom is -0.493 e. The van der Waals surface area contributed by atoms with Gasteiger partial charge in [-0.15, -0.1) is 0 Å². The average Bonchev–Trinajstić information content (AvgIpc) is 2.73. The topological polar surface area (TPSA) is 70.7 Å². The molecule has 0 unspecified atom stereocenters. The first kappa shape index (κ1) is 21.0. The summed E-state index contributed by atoms with van der Waals surface area (Å²) in [5, 5.41) is 4.73. The fourth-order valence-corrected chi connectivity index (χ4v) is 4.05. The van der Waals surface area contributed by atoms with Gasteiger partial charge >= 0.3 is 12.2 Å². The van der Waals surface area contributed by atoms with Crippen LogP contribution < -0.4 is 15.4 Å². The average molecular weight is 433 g/mol. The first-order valence-electron chi connectivity index (χ1n) is 10.1. The molecule has 4 rings (SSSR count). The summed E-state index contributed by atoms with van der Waals surface area (Å²) in [7, 11) is 0. The van der Waals surface area contributed by atoms with Gasteiger partial charge in [-0.2, -0.15) is 13.2 Å². The van der Waals surface area contributed by atoms with Crippen molar-refractivity contribution < 1.29 is 27.5 Å². The summed E-state index contributed by atoms with van der Waals surface area (Å²) in [6, 6.07) is 8.67. The van der Waals surface area contributed by atoms with Crippen LogP contribution in [0.5, 0.6) is 5.75 Å². The Balaban J connectivity index is 1.53. The molecule has 0 aromatic heterocycles. The van der Waals surface area contributed by atoms with E-state index < -0.39 is 17.8 Å². The molecule has 2 aromatic carbocycles. The van der Waals surface area contributed by atoms with Crippen molar-refractivity contribution in [3.8, 4) is 5.75 Å². The maximum absolute atomic E-state index is 13.1. The molecule has 0 aliphatic carbocycles. The van der Waals surface area contributed by atoms with E-state index in [1.54, 1.807) is 12.1 Å². The second kappa shape index (κ2) is 8.49. The van der Waals surface area contributed by atoms with Gasteiger partial charge in [0, 0.05) is 24.7 Å². The number of fused-ring (bicyclic) bond motifs is 2. The van der Waals surface area contributed by atoms with Gasteiger partial charge in [0.2, 0.25) is 0 Å². The Hall–Kier alpha value is -3.23. The zero-order valence-electron chi connectivity index (χ0n) is 16.7. The van der Waals surface area contributed by atoms with E-state index in [0.29, 0.717) is 24.5 Å². The number of anilines is 2. The molecule has 9 heteroatoms. The number of hydrogen-bond acceptors (Lipinski definition) is 3. The Bertz CT molecular complexity index is 993. The molecule has 2 aromatic rings. The number of amides is 3. The van der Waals surface area contributed by atoms with E-state index in [9.17, 15) is 22.8 Å². The molecule has 164 valence electrons. The van der Waals surface area contributed by atoms with Crippen LogP contribution in [0.15, 0.2) is 42.5 Å². The third-order valence-corrected chi connectivity index (χ3v) is 5.55. The summed E-state index contributed by atoms with van der Waals surface area (Å²) < 4.78 is 45.2. The van der Waals surface area contributed by atoms with Crippen molar-refractivity contribution in [1.29, 1.82) is 0 Å².